The molecule has 1 aliphatic carbocycles. The third kappa shape index (κ3) is 15.6. The normalized spacial score (nSPS) is 19.3. The highest BCUT2D eigenvalue weighted by atomic mass is 16.2. The van der Waals surface area contributed by atoms with Crippen LogP contribution in [0.2, 0.25) is 0 Å². The highest BCUT2D eigenvalue weighted by Crippen LogP contribution is 2.37. The number of carbonyl (C=O) groups excluding carboxylic acids is 2. The molecule has 5 heteroatoms. The van der Waals surface area contributed by atoms with Gasteiger partial charge in [-0.3, -0.25) is 9.69 Å². The summed E-state index contributed by atoms with van der Waals surface area (Å²) in [6.45, 7) is 8.99. The maximum Gasteiger partial charge on any atom is 0.326 e. The highest BCUT2D eigenvalue weighted by molar-refractivity contribution is 6.07. The number of urea groups is 1. The molecule has 252 valence electrons. The fourth-order valence-corrected chi connectivity index (χ4v) is 7.43. The van der Waals surface area contributed by atoms with Crippen molar-refractivity contribution in [2.45, 2.75) is 206 Å². The summed E-state index contributed by atoms with van der Waals surface area (Å²) in [4.78, 5) is 30.5. The van der Waals surface area contributed by atoms with Crippen molar-refractivity contribution >= 4 is 11.9 Å². The minimum absolute atomic E-state index is 0.0128. The lowest BCUT2D eigenvalue weighted by Gasteiger charge is -2.30. The third-order valence-corrected chi connectivity index (χ3v) is 10.5. The van der Waals surface area contributed by atoms with Crippen molar-refractivity contribution in [3.8, 4) is 0 Å². The first-order valence-electron chi connectivity index (χ1n) is 19.4. The molecule has 0 aromatic carbocycles. The van der Waals surface area contributed by atoms with Crippen molar-refractivity contribution in [1.82, 2.24) is 15.1 Å². The van der Waals surface area contributed by atoms with Gasteiger partial charge in [0.05, 0.1) is 6.67 Å². The summed E-state index contributed by atoms with van der Waals surface area (Å²) in [6.07, 6.45) is 36.9. The lowest BCUT2D eigenvalue weighted by atomic mass is 9.84. The third-order valence-electron chi connectivity index (χ3n) is 10.5. The molecule has 1 saturated carbocycles. The van der Waals surface area contributed by atoms with Crippen LogP contribution in [-0.2, 0) is 4.79 Å². The largest absolute Gasteiger partial charge is 0.326 e. The van der Waals surface area contributed by atoms with E-state index < -0.39 is 5.54 Å². The average Bonchev–Trinajstić information content (AvgIpc) is 3.62. The number of amides is 3. The van der Waals surface area contributed by atoms with Gasteiger partial charge in [0, 0.05) is 0 Å². The zero-order valence-corrected chi connectivity index (χ0v) is 29.2. The fraction of sp³-hybridized carbons (Fsp3) is 0.947. The summed E-state index contributed by atoms with van der Waals surface area (Å²) in [5, 5.41) is 3.12. The van der Waals surface area contributed by atoms with Crippen LogP contribution in [0.4, 0.5) is 4.79 Å². The van der Waals surface area contributed by atoms with E-state index in [0.717, 1.165) is 25.9 Å². The second-order valence-corrected chi connectivity index (χ2v) is 14.4. The Morgan fingerprint density at radius 1 is 0.605 bits per heavy atom. The van der Waals surface area contributed by atoms with Gasteiger partial charge in [0.25, 0.3) is 5.91 Å². The summed E-state index contributed by atoms with van der Waals surface area (Å²) in [5.41, 5.74) is -0.703. The van der Waals surface area contributed by atoms with Gasteiger partial charge in [0.15, 0.2) is 0 Å². The van der Waals surface area contributed by atoms with Gasteiger partial charge in [0.2, 0.25) is 0 Å². The number of unbranched alkanes of at least 4 members (excludes halogenated alkanes) is 22. The Morgan fingerprint density at radius 3 is 1.33 bits per heavy atom. The van der Waals surface area contributed by atoms with Crippen LogP contribution in [0.3, 0.4) is 0 Å². The van der Waals surface area contributed by atoms with Crippen LogP contribution in [0.25, 0.3) is 0 Å². The molecule has 43 heavy (non-hydrogen) atoms. The first kappa shape index (κ1) is 38.1. The van der Waals surface area contributed by atoms with Crippen LogP contribution in [0, 0.1) is 5.92 Å². The van der Waals surface area contributed by atoms with Crippen LogP contribution in [0.1, 0.15) is 201 Å². The van der Waals surface area contributed by atoms with E-state index in [1.54, 1.807) is 4.90 Å². The molecule has 0 bridgehead atoms. The van der Waals surface area contributed by atoms with Crippen LogP contribution in [0.5, 0.6) is 0 Å². The molecule has 5 nitrogen and oxygen atoms in total. The van der Waals surface area contributed by atoms with Crippen molar-refractivity contribution in [2.24, 2.45) is 5.92 Å². The van der Waals surface area contributed by atoms with E-state index in [9.17, 15) is 9.59 Å². The first-order chi connectivity index (χ1) is 21.0. The van der Waals surface area contributed by atoms with Gasteiger partial charge in [-0.15, -0.1) is 0 Å². The molecular formula is C38H73N3O2. The molecule has 3 amide bonds. The SMILES string of the molecule is CCCCCCCCCCCCCCN(CCCCCCCCCCCCCC)CN1C(=O)NC(C)(C2CCCC2)C1=O. The molecule has 0 aromatic rings. The summed E-state index contributed by atoms with van der Waals surface area (Å²) in [5.74, 6) is 0.300. The minimum Gasteiger partial charge on any atom is -0.323 e. The predicted octanol–water partition coefficient (Wildman–Crippen LogP) is 11.1. The van der Waals surface area contributed by atoms with Crippen molar-refractivity contribution in [2.75, 3.05) is 19.8 Å². The smallest absolute Gasteiger partial charge is 0.323 e. The number of nitrogens with one attached hydrogen (secondary N) is 1. The molecular weight excluding hydrogens is 530 g/mol. The summed E-state index contributed by atoms with van der Waals surface area (Å²) >= 11 is 0. The van der Waals surface area contributed by atoms with Crippen molar-refractivity contribution in [3.63, 3.8) is 0 Å². The Hall–Kier alpha value is -1.10. The van der Waals surface area contributed by atoms with Gasteiger partial charge < -0.3 is 5.32 Å². The molecule has 1 saturated heterocycles. The van der Waals surface area contributed by atoms with E-state index in [4.69, 9.17) is 0 Å². The van der Waals surface area contributed by atoms with Crippen LogP contribution >= 0.6 is 0 Å². The first-order valence-corrected chi connectivity index (χ1v) is 19.4. The standard InChI is InChI=1S/C38H73N3O2/c1-4-6-8-10-12-14-16-18-20-22-24-28-32-40(33-29-25-23-21-19-17-15-13-11-9-7-5-2)34-41-36(42)38(3,39-37(41)43)35-30-26-27-31-35/h35H,4-34H2,1-3H3,(H,39,43). The fourth-order valence-electron chi connectivity index (χ4n) is 7.43. The van der Waals surface area contributed by atoms with Crippen LogP contribution in [0.15, 0.2) is 0 Å². The second kappa shape index (κ2) is 24.2. The zero-order valence-electron chi connectivity index (χ0n) is 29.2. The molecule has 1 N–H and O–H groups in total. The van der Waals surface area contributed by atoms with E-state index in [1.165, 1.54) is 167 Å². The van der Waals surface area contributed by atoms with Gasteiger partial charge >= 0.3 is 6.03 Å². The quantitative estimate of drug-likeness (QED) is 0.0683. The van der Waals surface area contributed by atoms with E-state index >= 15 is 0 Å². The highest BCUT2D eigenvalue weighted by Gasteiger charge is 2.52. The average molecular weight is 604 g/mol. The molecule has 2 fully saturated rings. The van der Waals surface area contributed by atoms with E-state index in [2.05, 4.69) is 24.1 Å². The van der Waals surface area contributed by atoms with Gasteiger partial charge in [0.1, 0.15) is 5.54 Å². The van der Waals surface area contributed by atoms with Gasteiger partial charge in [-0.25, -0.2) is 9.69 Å². The van der Waals surface area contributed by atoms with Crippen molar-refractivity contribution in [1.29, 1.82) is 0 Å². The Kier molecular flexibility index (Phi) is 21.4. The maximum atomic E-state index is 13.5. The number of hydrogen-bond acceptors (Lipinski definition) is 3. The van der Waals surface area contributed by atoms with Crippen molar-refractivity contribution in [3.05, 3.63) is 0 Å². The molecule has 0 radical (unpaired) electrons. The molecule has 2 aliphatic rings. The molecule has 0 spiro atoms. The Labute approximate surface area is 268 Å². The summed E-state index contributed by atoms with van der Waals surface area (Å²) in [7, 11) is 0. The van der Waals surface area contributed by atoms with Gasteiger partial charge in [-0.2, -0.15) is 0 Å². The molecule has 1 heterocycles. The summed E-state index contributed by atoms with van der Waals surface area (Å²) < 4.78 is 0. The number of carbonyl (C=O) groups is 2. The molecule has 1 aliphatic heterocycles. The number of rotatable bonds is 29. The number of nitrogens with zero attached hydrogens (tertiary/aromatic N) is 2. The predicted molar refractivity (Wildman–Crippen MR) is 184 cm³/mol. The summed E-state index contributed by atoms with van der Waals surface area (Å²) in [6, 6.07) is -0.172. The minimum atomic E-state index is -0.703. The monoisotopic (exact) mass is 604 g/mol. The van der Waals surface area contributed by atoms with Gasteiger partial charge in [-0.1, -0.05) is 168 Å². The molecule has 1 unspecified atom stereocenters. The van der Waals surface area contributed by atoms with Crippen LogP contribution in [-0.4, -0.2) is 47.0 Å². The van der Waals surface area contributed by atoms with E-state index in [0.29, 0.717) is 6.67 Å². The number of imide groups is 1. The molecule has 2 rings (SSSR count). The van der Waals surface area contributed by atoms with E-state index in [1.807, 2.05) is 6.92 Å². The Bertz CT molecular complexity index is 679. The zero-order chi connectivity index (χ0) is 31.0. The molecule has 1 atom stereocenters. The Morgan fingerprint density at radius 2 is 0.953 bits per heavy atom. The lowest BCUT2D eigenvalue weighted by molar-refractivity contribution is -0.134. The van der Waals surface area contributed by atoms with Gasteiger partial charge in [-0.05, 0) is 51.6 Å². The lowest BCUT2D eigenvalue weighted by Crippen LogP contribution is -2.50. The number of hydrogen-bond donors (Lipinski definition) is 1. The van der Waals surface area contributed by atoms with E-state index in [-0.39, 0.29) is 17.9 Å². The topological polar surface area (TPSA) is 52.6 Å². The second-order valence-electron chi connectivity index (χ2n) is 14.4. The maximum absolute atomic E-state index is 13.5. The van der Waals surface area contributed by atoms with Crippen LogP contribution < -0.4 is 5.32 Å². The Balaban J connectivity index is 1.68. The van der Waals surface area contributed by atoms with Crippen molar-refractivity contribution < 1.29 is 9.59 Å². The molecule has 0 aromatic heterocycles.